The molecule has 0 aliphatic heterocycles. The van der Waals surface area contributed by atoms with Gasteiger partial charge in [0.15, 0.2) is 0 Å². The lowest BCUT2D eigenvalue weighted by atomic mass is 9.82. The van der Waals surface area contributed by atoms with E-state index in [9.17, 15) is 19.5 Å². The van der Waals surface area contributed by atoms with Crippen LogP contribution in [0.2, 0.25) is 0 Å². The average molecular weight is 303 g/mol. The lowest BCUT2D eigenvalue weighted by molar-refractivity contribution is -0.146. The van der Waals surface area contributed by atoms with Crippen LogP contribution in [0.25, 0.3) is 0 Å². The number of carbonyl (C=O) groups excluding carboxylic acids is 1. The number of anilines is 1. The van der Waals surface area contributed by atoms with E-state index in [1.54, 1.807) is 13.0 Å². The first-order valence-electron chi connectivity index (χ1n) is 6.92. The largest absolute Gasteiger partial charge is 0.481 e. The van der Waals surface area contributed by atoms with E-state index in [-0.39, 0.29) is 11.5 Å². The minimum absolute atomic E-state index is 0.138. The molecule has 2 rings (SSSR count). The van der Waals surface area contributed by atoms with Crippen LogP contribution < -0.4 is 5.32 Å². The zero-order valence-electron chi connectivity index (χ0n) is 12.1. The van der Waals surface area contributed by atoms with Crippen LogP contribution in [0.3, 0.4) is 0 Å². The van der Waals surface area contributed by atoms with Gasteiger partial charge < -0.3 is 15.5 Å². The summed E-state index contributed by atoms with van der Waals surface area (Å²) in [4.78, 5) is 34.4. The van der Waals surface area contributed by atoms with Gasteiger partial charge in [-0.3, -0.25) is 9.59 Å². The van der Waals surface area contributed by atoms with E-state index in [1.807, 2.05) is 6.08 Å². The fraction of sp³-hybridized carbons (Fsp3) is 0.312. The van der Waals surface area contributed by atoms with Crippen LogP contribution in [0.5, 0.6) is 0 Å². The average Bonchev–Trinajstić information content (AvgIpc) is 2.48. The summed E-state index contributed by atoms with van der Waals surface area (Å²) < 4.78 is 0. The molecule has 116 valence electrons. The maximum Gasteiger partial charge on any atom is 0.335 e. The van der Waals surface area contributed by atoms with Crippen molar-refractivity contribution in [3.8, 4) is 0 Å². The molecule has 6 nitrogen and oxygen atoms in total. The predicted molar refractivity (Wildman–Crippen MR) is 79.8 cm³/mol. The van der Waals surface area contributed by atoms with Crippen LogP contribution >= 0.6 is 0 Å². The van der Waals surface area contributed by atoms with Crippen LogP contribution in [-0.2, 0) is 9.59 Å². The number of benzene rings is 1. The lowest BCUT2D eigenvalue weighted by Gasteiger charge is -2.24. The molecule has 0 saturated heterocycles. The molecule has 0 spiro atoms. The molecule has 0 aromatic heterocycles. The quantitative estimate of drug-likeness (QED) is 0.740. The summed E-state index contributed by atoms with van der Waals surface area (Å²) in [7, 11) is 0. The number of aromatic carboxylic acids is 1. The van der Waals surface area contributed by atoms with Gasteiger partial charge in [-0.25, -0.2) is 4.79 Å². The summed E-state index contributed by atoms with van der Waals surface area (Å²) in [6.07, 6.45) is 4.30. The zero-order chi connectivity index (χ0) is 16.3. The number of nitrogens with one attached hydrogen (secondary N) is 1. The van der Waals surface area contributed by atoms with Crippen molar-refractivity contribution in [3.05, 3.63) is 41.5 Å². The van der Waals surface area contributed by atoms with Crippen LogP contribution in [0.4, 0.5) is 5.69 Å². The van der Waals surface area contributed by atoms with Gasteiger partial charge in [-0.2, -0.15) is 0 Å². The van der Waals surface area contributed by atoms with E-state index < -0.39 is 23.8 Å². The normalized spacial score (nSPS) is 20.4. The first kappa shape index (κ1) is 15.8. The van der Waals surface area contributed by atoms with Gasteiger partial charge in [0.2, 0.25) is 5.91 Å². The molecule has 2 atom stereocenters. The first-order valence-corrected chi connectivity index (χ1v) is 6.92. The Morgan fingerprint density at radius 1 is 1.09 bits per heavy atom. The molecule has 1 aliphatic rings. The minimum Gasteiger partial charge on any atom is -0.481 e. The molecule has 0 unspecified atom stereocenters. The summed E-state index contributed by atoms with van der Waals surface area (Å²) in [6.45, 7) is 1.69. The highest BCUT2D eigenvalue weighted by Crippen LogP contribution is 2.28. The van der Waals surface area contributed by atoms with Crippen LogP contribution in [0, 0.1) is 18.8 Å². The molecule has 1 aromatic rings. The molecule has 1 amide bonds. The van der Waals surface area contributed by atoms with Crippen LogP contribution in [-0.4, -0.2) is 28.1 Å². The number of hydrogen-bond acceptors (Lipinski definition) is 3. The standard InChI is InChI=1S/C16H17NO5/c1-9-8-10(15(19)20)6-7-13(9)17-14(18)11-4-2-3-5-12(11)16(21)22/h2-3,6-8,11-12H,4-5H2,1H3,(H,17,18)(H,19,20)(H,21,22)/t11-,12-/m1/s1. The maximum absolute atomic E-state index is 12.3. The molecule has 0 fully saturated rings. The summed E-state index contributed by atoms with van der Waals surface area (Å²) in [6, 6.07) is 4.39. The molecule has 0 radical (unpaired) electrons. The summed E-state index contributed by atoms with van der Waals surface area (Å²) >= 11 is 0. The fourth-order valence-corrected chi connectivity index (χ4v) is 2.54. The maximum atomic E-state index is 12.3. The smallest absolute Gasteiger partial charge is 0.335 e. The summed E-state index contributed by atoms with van der Waals surface area (Å²) in [5.41, 5.74) is 1.25. The van der Waals surface area contributed by atoms with Crippen molar-refractivity contribution < 1.29 is 24.6 Å². The number of hydrogen-bond donors (Lipinski definition) is 3. The van der Waals surface area contributed by atoms with Gasteiger partial charge in [-0.1, -0.05) is 12.2 Å². The number of aryl methyl sites for hydroxylation is 1. The monoisotopic (exact) mass is 303 g/mol. The molecular formula is C16H17NO5. The Morgan fingerprint density at radius 2 is 1.73 bits per heavy atom. The number of carbonyl (C=O) groups is 3. The molecule has 1 aliphatic carbocycles. The van der Waals surface area contributed by atoms with Gasteiger partial charge >= 0.3 is 11.9 Å². The topological polar surface area (TPSA) is 104 Å². The lowest BCUT2D eigenvalue weighted by Crippen LogP contribution is -2.34. The number of allylic oxidation sites excluding steroid dienone is 2. The number of carboxylic acid groups (broad SMARTS) is 2. The second-order valence-corrected chi connectivity index (χ2v) is 5.32. The van der Waals surface area contributed by atoms with E-state index in [2.05, 4.69) is 5.32 Å². The third-order valence-corrected chi connectivity index (χ3v) is 3.82. The van der Waals surface area contributed by atoms with Gasteiger partial charge in [0.1, 0.15) is 0 Å². The van der Waals surface area contributed by atoms with Gasteiger partial charge in [-0.15, -0.1) is 0 Å². The van der Waals surface area contributed by atoms with Crippen molar-refractivity contribution in [3.63, 3.8) is 0 Å². The molecule has 3 N–H and O–H groups in total. The van der Waals surface area contributed by atoms with Crippen molar-refractivity contribution in [2.75, 3.05) is 5.32 Å². The zero-order valence-corrected chi connectivity index (χ0v) is 12.1. The van der Waals surface area contributed by atoms with Crippen molar-refractivity contribution >= 4 is 23.5 Å². The Kier molecular flexibility index (Phi) is 4.60. The molecule has 0 bridgehead atoms. The van der Waals surface area contributed by atoms with Crippen molar-refractivity contribution in [1.29, 1.82) is 0 Å². The Morgan fingerprint density at radius 3 is 2.27 bits per heavy atom. The third-order valence-electron chi connectivity index (χ3n) is 3.82. The molecule has 22 heavy (non-hydrogen) atoms. The van der Waals surface area contributed by atoms with E-state index in [0.717, 1.165) is 0 Å². The van der Waals surface area contributed by atoms with Crippen molar-refractivity contribution in [2.45, 2.75) is 19.8 Å². The SMILES string of the molecule is Cc1cc(C(=O)O)ccc1NC(=O)[C@@H]1CC=CC[C@H]1C(=O)O. The number of carboxylic acids is 2. The first-order chi connectivity index (χ1) is 10.4. The molecule has 1 aromatic carbocycles. The van der Waals surface area contributed by atoms with Crippen LogP contribution in [0.15, 0.2) is 30.4 Å². The van der Waals surface area contributed by atoms with Crippen molar-refractivity contribution in [1.82, 2.24) is 0 Å². The van der Waals surface area contributed by atoms with Gasteiger partial charge in [0.25, 0.3) is 0 Å². The Bertz CT molecular complexity index is 650. The molecule has 6 heteroatoms. The number of aliphatic carboxylic acids is 1. The van der Waals surface area contributed by atoms with Crippen molar-refractivity contribution in [2.24, 2.45) is 11.8 Å². The minimum atomic E-state index is -1.04. The van der Waals surface area contributed by atoms with Gasteiger partial charge in [0.05, 0.1) is 17.4 Å². The third kappa shape index (κ3) is 3.33. The fourth-order valence-electron chi connectivity index (χ4n) is 2.54. The predicted octanol–water partition coefficient (Wildman–Crippen LogP) is 2.30. The molecule has 0 heterocycles. The van der Waals surface area contributed by atoms with Crippen LogP contribution in [0.1, 0.15) is 28.8 Å². The highest BCUT2D eigenvalue weighted by atomic mass is 16.4. The van der Waals surface area contributed by atoms with Gasteiger partial charge in [-0.05, 0) is 43.5 Å². The molecule has 0 saturated carbocycles. The highest BCUT2D eigenvalue weighted by molar-refractivity contribution is 5.97. The van der Waals surface area contributed by atoms with E-state index in [1.165, 1.54) is 18.2 Å². The Labute approximate surface area is 127 Å². The second kappa shape index (κ2) is 6.43. The highest BCUT2D eigenvalue weighted by Gasteiger charge is 2.34. The number of amides is 1. The van der Waals surface area contributed by atoms with E-state index in [4.69, 9.17) is 5.11 Å². The Hall–Kier alpha value is -2.63. The summed E-state index contributed by atoms with van der Waals surface area (Å²) in [5, 5.41) is 20.8. The van der Waals surface area contributed by atoms with E-state index in [0.29, 0.717) is 24.1 Å². The summed E-state index contributed by atoms with van der Waals surface area (Å²) in [5.74, 6) is -3.74. The Balaban J connectivity index is 2.16. The number of rotatable bonds is 4. The van der Waals surface area contributed by atoms with Gasteiger partial charge in [0, 0.05) is 5.69 Å². The van der Waals surface area contributed by atoms with E-state index >= 15 is 0 Å². The second-order valence-electron chi connectivity index (χ2n) is 5.32. The molecular weight excluding hydrogens is 286 g/mol.